The van der Waals surface area contributed by atoms with Crippen molar-refractivity contribution in [2.45, 2.75) is 17.7 Å². The van der Waals surface area contributed by atoms with E-state index in [1.54, 1.807) is 23.1 Å². The van der Waals surface area contributed by atoms with E-state index in [9.17, 15) is 17.6 Å². The zero-order valence-electron chi connectivity index (χ0n) is 14.9. The smallest absolute Gasteiger partial charge is 0.252 e. The molecular weight excluding hydrogens is 458 g/mol. The summed E-state index contributed by atoms with van der Waals surface area (Å²) in [5, 5.41) is 0.980. The summed E-state index contributed by atoms with van der Waals surface area (Å²) in [6.45, 7) is 0. The molecule has 2 aliphatic rings. The van der Waals surface area contributed by atoms with E-state index in [-0.39, 0.29) is 35.0 Å². The van der Waals surface area contributed by atoms with Crippen LogP contribution in [0.2, 0.25) is 10.0 Å². The van der Waals surface area contributed by atoms with E-state index >= 15 is 0 Å². The zero-order valence-corrected chi connectivity index (χ0v) is 18.0. The molecule has 0 unspecified atom stereocenters. The molecule has 29 heavy (non-hydrogen) atoms. The van der Waals surface area contributed by atoms with Gasteiger partial charge in [-0.2, -0.15) is 4.99 Å². The van der Waals surface area contributed by atoms with Crippen LogP contribution in [0.1, 0.15) is 5.56 Å². The van der Waals surface area contributed by atoms with Gasteiger partial charge in [-0.1, -0.05) is 47.1 Å². The Bertz CT molecular complexity index is 1110. The first-order valence-corrected chi connectivity index (χ1v) is 12.1. The third-order valence-corrected chi connectivity index (χ3v) is 8.49. The molecule has 0 bridgehead atoms. The third-order valence-electron chi connectivity index (χ3n) is 4.72. The fourth-order valence-corrected chi connectivity index (χ4v) is 7.74. The number of amidine groups is 1. The van der Waals surface area contributed by atoms with Gasteiger partial charge in [0, 0.05) is 10.3 Å². The number of nitrogens with zero attached hydrogens (tertiary/aromatic N) is 2. The van der Waals surface area contributed by atoms with Crippen LogP contribution in [-0.2, 0) is 21.1 Å². The first kappa shape index (κ1) is 20.7. The SMILES string of the molecule is O=C(Cc1ccc(F)cc1)N=C1S[C@H]2CS(=O)(=O)C[C@@H]2N1c1cc(Cl)ccc1Cl. The highest BCUT2D eigenvalue weighted by Gasteiger charge is 2.49. The summed E-state index contributed by atoms with van der Waals surface area (Å²) in [4.78, 5) is 18.5. The number of fused-ring (bicyclic) bond motifs is 1. The van der Waals surface area contributed by atoms with Gasteiger partial charge in [-0.05, 0) is 35.9 Å². The van der Waals surface area contributed by atoms with Crippen LogP contribution in [0.3, 0.4) is 0 Å². The van der Waals surface area contributed by atoms with Crippen molar-refractivity contribution in [2.24, 2.45) is 4.99 Å². The minimum atomic E-state index is -3.19. The van der Waals surface area contributed by atoms with Crippen LogP contribution in [0.25, 0.3) is 0 Å². The van der Waals surface area contributed by atoms with Crippen LogP contribution >= 0.6 is 35.0 Å². The Morgan fingerprint density at radius 1 is 1.17 bits per heavy atom. The van der Waals surface area contributed by atoms with E-state index in [0.717, 1.165) is 0 Å². The Labute approximate surface area is 181 Å². The van der Waals surface area contributed by atoms with Crippen molar-refractivity contribution in [1.29, 1.82) is 0 Å². The van der Waals surface area contributed by atoms with Crippen molar-refractivity contribution in [2.75, 3.05) is 16.4 Å². The summed E-state index contributed by atoms with van der Waals surface area (Å²) in [5.74, 6) is -0.819. The fourth-order valence-electron chi connectivity index (χ4n) is 3.44. The van der Waals surface area contributed by atoms with E-state index < -0.39 is 15.7 Å². The molecule has 0 saturated carbocycles. The summed E-state index contributed by atoms with van der Waals surface area (Å²) < 4.78 is 37.3. The monoisotopic (exact) mass is 472 g/mol. The van der Waals surface area contributed by atoms with Crippen molar-refractivity contribution in [3.63, 3.8) is 0 Å². The van der Waals surface area contributed by atoms with Gasteiger partial charge in [0.05, 0.1) is 34.7 Å². The average molecular weight is 473 g/mol. The minimum Gasteiger partial charge on any atom is -0.314 e. The molecule has 2 heterocycles. The van der Waals surface area contributed by atoms with Gasteiger partial charge in [-0.15, -0.1) is 0 Å². The van der Waals surface area contributed by atoms with Gasteiger partial charge in [0.2, 0.25) is 0 Å². The van der Waals surface area contributed by atoms with Gasteiger partial charge < -0.3 is 4.90 Å². The van der Waals surface area contributed by atoms with Gasteiger partial charge >= 0.3 is 0 Å². The lowest BCUT2D eigenvalue weighted by molar-refractivity contribution is -0.117. The van der Waals surface area contributed by atoms with Crippen molar-refractivity contribution in [1.82, 2.24) is 0 Å². The molecule has 2 aliphatic heterocycles. The molecule has 0 aliphatic carbocycles. The fraction of sp³-hybridized carbons (Fsp3) is 0.263. The van der Waals surface area contributed by atoms with Crippen LogP contribution in [0.15, 0.2) is 47.5 Å². The molecule has 2 atom stereocenters. The molecule has 4 rings (SSSR count). The second-order valence-electron chi connectivity index (χ2n) is 6.86. The first-order chi connectivity index (χ1) is 13.7. The van der Waals surface area contributed by atoms with E-state index in [1.807, 2.05) is 0 Å². The van der Waals surface area contributed by atoms with Gasteiger partial charge in [0.25, 0.3) is 5.91 Å². The maximum absolute atomic E-state index is 13.1. The van der Waals surface area contributed by atoms with Crippen LogP contribution < -0.4 is 4.90 Å². The van der Waals surface area contributed by atoms with Gasteiger partial charge in [-0.3, -0.25) is 4.79 Å². The Kier molecular flexibility index (Phi) is 5.63. The molecule has 5 nitrogen and oxygen atoms in total. The summed E-state index contributed by atoms with van der Waals surface area (Å²) in [6.07, 6.45) is 0.00902. The van der Waals surface area contributed by atoms with Gasteiger partial charge in [-0.25, -0.2) is 12.8 Å². The highest BCUT2D eigenvalue weighted by Crippen LogP contribution is 2.43. The second-order valence-corrected chi connectivity index (χ2v) is 11.1. The maximum Gasteiger partial charge on any atom is 0.252 e. The first-order valence-electron chi connectivity index (χ1n) is 8.69. The highest BCUT2D eigenvalue weighted by atomic mass is 35.5. The van der Waals surface area contributed by atoms with Crippen LogP contribution in [0.4, 0.5) is 10.1 Å². The normalized spacial score (nSPS) is 24.1. The van der Waals surface area contributed by atoms with Crippen LogP contribution in [0.5, 0.6) is 0 Å². The summed E-state index contributed by atoms with van der Waals surface area (Å²) in [7, 11) is -3.19. The standard InChI is InChI=1S/C19H15Cl2FN2O3S2/c20-12-3-6-14(21)15(8-12)24-16-9-29(26,27)10-17(16)28-19(24)23-18(25)7-11-1-4-13(22)5-2-11/h1-6,8,16-17H,7,9-10H2/t16-,17-/m0/s1. The van der Waals surface area contributed by atoms with Crippen LogP contribution in [0, 0.1) is 5.82 Å². The molecule has 10 heteroatoms. The number of carbonyl (C=O) groups excluding carboxylic acids is 1. The molecule has 0 N–H and O–H groups in total. The maximum atomic E-state index is 13.1. The van der Waals surface area contributed by atoms with E-state index in [1.165, 1.54) is 36.0 Å². The number of hydrogen-bond acceptors (Lipinski definition) is 4. The number of thioether (sulfide) groups is 1. The predicted octanol–water partition coefficient (Wildman–Crippen LogP) is 3.98. The number of aliphatic imine (C=N–C) groups is 1. The van der Waals surface area contributed by atoms with Crippen molar-refractivity contribution < 1.29 is 17.6 Å². The third kappa shape index (κ3) is 4.45. The number of halogens is 3. The van der Waals surface area contributed by atoms with Crippen LogP contribution in [-0.4, -0.2) is 42.3 Å². The molecule has 2 saturated heterocycles. The molecule has 152 valence electrons. The van der Waals surface area contributed by atoms with Gasteiger partial charge in [0.15, 0.2) is 15.0 Å². The number of rotatable bonds is 3. The number of sulfone groups is 1. The molecule has 1 amide bonds. The van der Waals surface area contributed by atoms with E-state index in [0.29, 0.717) is 26.5 Å². The Balaban J connectivity index is 1.67. The molecule has 2 fully saturated rings. The quantitative estimate of drug-likeness (QED) is 0.675. The number of anilines is 1. The largest absolute Gasteiger partial charge is 0.314 e. The molecule has 0 radical (unpaired) electrons. The summed E-state index contributed by atoms with van der Waals surface area (Å²) >= 11 is 13.7. The Hall–Kier alpha value is -1.61. The lowest BCUT2D eigenvalue weighted by Crippen LogP contribution is -2.38. The van der Waals surface area contributed by atoms with Gasteiger partial charge in [0.1, 0.15) is 5.82 Å². The lowest BCUT2D eigenvalue weighted by Gasteiger charge is -2.25. The number of carbonyl (C=O) groups is 1. The highest BCUT2D eigenvalue weighted by molar-refractivity contribution is 8.16. The van der Waals surface area contributed by atoms with Crippen molar-refractivity contribution >= 4 is 61.6 Å². The molecular formula is C19H15Cl2FN2O3S2. The van der Waals surface area contributed by atoms with Crippen molar-refractivity contribution in [3.8, 4) is 0 Å². The number of amides is 1. The number of benzene rings is 2. The predicted molar refractivity (Wildman–Crippen MR) is 115 cm³/mol. The zero-order chi connectivity index (χ0) is 20.8. The molecule has 2 aromatic rings. The number of hydrogen-bond donors (Lipinski definition) is 0. The second kappa shape index (κ2) is 7.91. The minimum absolute atomic E-state index is 0.00902. The Morgan fingerprint density at radius 3 is 2.62 bits per heavy atom. The lowest BCUT2D eigenvalue weighted by atomic mass is 10.1. The summed E-state index contributed by atoms with van der Waals surface area (Å²) in [6, 6.07) is 10.1. The van der Waals surface area contributed by atoms with Crippen molar-refractivity contribution in [3.05, 3.63) is 63.9 Å². The molecule has 0 spiro atoms. The average Bonchev–Trinajstić information content (AvgIpc) is 3.10. The molecule has 2 aromatic carbocycles. The Morgan fingerprint density at radius 2 is 1.90 bits per heavy atom. The van der Waals surface area contributed by atoms with E-state index in [4.69, 9.17) is 23.2 Å². The summed E-state index contributed by atoms with van der Waals surface area (Å²) in [5.41, 5.74) is 1.16. The molecule has 0 aromatic heterocycles. The van der Waals surface area contributed by atoms with E-state index in [2.05, 4.69) is 4.99 Å². The topological polar surface area (TPSA) is 66.8 Å².